The van der Waals surface area contributed by atoms with Crippen molar-refractivity contribution < 1.29 is 12.8 Å². The van der Waals surface area contributed by atoms with E-state index >= 15 is 0 Å². The summed E-state index contributed by atoms with van der Waals surface area (Å²) in [5.41, 5.74) is 0. The van der Waals surface area contributed by atoms with E-state index < -0.39 is 10.0 Å². The highest BCUT2D eigenvalue weighted by Gasteiger charge is 2.23. The maximum atomic E-state index is 12.0. The van der Waals surface area contributed by atoms with Crippen LogP contribution in [0, 0.1) is 11.8 Å². The second-order valence-corrected chi connectivity index (χ2v) is 7.59. The van der Waals surface area contributed by atoms with Crippen LogP contribution in [0.1, 0.15) is 38.9 Å². The Morgan fingerprint density at radius 2 is 2.10 bits per heavy atom. The van der Waals surface area contributed by atoms with Crippen molar-refractivity contribution in [3.8, 4) is 0 Å². The zero-order chi connectivity index (χ0) is 14.6. The lowest BCUT2D eigenvalue weighted by molar-refractivity contribution is 0.314. The second-order valence-electron chi connectivity index (χ2n) is 5.89. The predicted octanol–water partition coefficient (Wildman–Crippen LogP) is 2.10. The predicted molar refractivity (Wildman–Crippen MR) is 77.8 cm³/mol. The van der Waals surface area contributed by atoms with E-state index in [0.29, 0.717) is 30.7 Å². The first-order valence-corrected chi connectivity index (χ1v) is 8.75. The molecule has 0 atom stereocenters. The van der Waals surface area contributed by atoms with Crippen molar-refractivity contribution in [3.05, 3.63) is 17.9 Å². The summed E-state index contributed by atoms with van der Waals surface area (Å²) in [6.45, 7) is 6.19. The smallest absolute Gasteiger partial charge is 0.273 e. The number of hydrogen-bond acceptors (Lipinski definition) is 4. The fourth-order valence-corrected chi connectivity index (χ4v) is 3.14. The molecule has 0 bridgehead atoms. The summed E-state index contributed by atoms with van der Waals surface area (Å²) in [6, 6.07) is 3.24. The largest absolute Gasteiger partial charge is 0.447 e. The molecule has 114 valence electrons. The third kappa shape index (κ3) is 4.33. The SMILES string of the molecule is CC(C)CNCc1ccc(S(=O)(=O)NCC2CCC2)o1. The van der Waals surface area contributed by atoms with Gasteiger partial charge in [0.05, 0.1) is 6.54 Å². The molecule has 20 heavy (non-hydrogen) atoms. The molecule has 0 radical (unpaired) electrons. The molecule has 1 aliphatic carbocycles. The van der Waals surface area contributed by atoms with Crippen LogP contribution in [-0.4, -0.2) is 21.5 Å². The molecule has 1 aromatic rings. The van der Waals surface area contributed by atoms with Gasteiger partial charge in [-0.25, -0.2) is 13.1 Å². The fraction of sp³-hybridized carbons (Fsp3) is 0.714. The van der Waals surface area contributed by atoms with Gasteiger partial charge in [0, 0.05) is 6.54 Å². The third-order valence-electron chi connectivity index (χ3n) is 3.54. The van der Waals surface area contributed by atoms with Crippen LogP contribution in [0.3, 0.4) is 0 Å². The highest BCUT2D eigenvalue weighted by Crippen LogP contribution is 2.25. The van der Waals surface area contributed by atoms with Crippen molar-refractivity contribution in [2.24, 2.45) is 11.8 Å². The molecule has 1 heterocycles. The molecule has 0 unspecified atom stereocenters. The molecule has 1 aliphatic rings. The minimum absolute atomic E-state index is 0.0122. The van der Waals surface area contributed by atoms with Crippen LogP contribution in [0.5, 0.6) is 0 Å². The maximum Gasteiger partial charge on any atom is 0.273 e. The zero-order valence-electron chi connectivity index (χ0n) is 12.2. The van der Waals surface area contributed by atoms with Crippen LogP contribution in [-0.2, 0) is 16.6 Å². The Bertz CT molecular complexity index is 518. The summed E-state index contributed by atoms with van der Waals surface area (Å²) in [6.07, 6.45) is 3.44. The van der Waals surface area contributed by atoms with E-state index in [-0.39, 0.29) is 5.09 Å². The first kappa shape index (κ1) is 15.5. The topological polar surface area (TPSA) is 71.3 Å². The third-order valence-corrected chi connectivity index (χ3v) is 4.84. The lowest BCUT2D eigenvalue weighted by atomic mass is 9.86. The first-order chi connectivity index (χ1) is 9.47. The van der Waals surface area contributed by atoms with E-state index in [4.69, 9.17) is 4.42 Å². The molecule has 0 aliphatic heterocycles. The molecular formula is C14H24N2O3S. The van der Waals surface area contributed by atoms with Gasteiger partial charge in [-0.05, 0) is 43.4 Å². The Labute approximate surface area is 121 Å². The molecule has 0 aromatic carbocycles. The molecule has 0 spiro atoms. The molecular weight excluding hydrogens is 276 g/mol. The lowest BCUT2D eigenvalue weighted by Crippen LogP contribution is -2.32. The monoisotopic (exact) mass is 300 g/mol. The summed E-state index contributed by atoms with van der Waals surface area (Å²) in [5.74, 6) is 1.69. The van der Waals surface area contributed by atoms with E-state index in [1.54, 1.807) is 6.07 Å². The first-order valence-electron chi connectivity index (χ1n) is 7.26. The van der Waals surface area contributed by atoms with Crippen LogP contribution < -0.4 is 10.0 Å². The Balaban J connectivity index is 1.85. The minimum atomic E-state index is -3.50. The molecule has 0 amide bonds. The van der Waals surface area contributed by atoms with Gasteiger partial charge in [-0.1, -0.05) is 20.3 Å². The summed E-state index contributed by atoms with van der Waals surface area (Å²) >= 11 is 0. The molecule has 2 N–H and O–H groups in total. The van der Waals surface area contributed by atoms with Crippen molar-refractivity contribution >= 4 is 10.0 Å². The van der Waals surface area contributed by atoms with Gasteiger partial charge in [0.25, 0.3) is 10.0 Å². The van der Waals surface area contributed by atoms with Gasteiger partial charge in [-0.15, -0.1) is 0 Å². The summed E-state index contributed by atoms with van der Waals surface area (Å²) in [4.78, 5) is 0. The normalized spacial score (nSPS) is 16.6. The van der Waals surface area contributed by atoms with Gasteiger partial charge >= 0.3 is 0 Å². The summed E-state index contributed by atoms with van der Waals surface area (Å²) in [7, 11) is -3.50. The van der Waals surface area contributed by atoms with Gasteiger partial charge < -0.3 is 9.73 Å². The molecule has 1 aromatic heterocycles. The molecule has 0 saturated heterocycles. The highest BCUT2D eigenvalue weighted by atomic mass is 32.2. The Hall–Kier alpha value is -0.850. The lowest BCUT2D eigenvalue weighted by Gasteiger charge is -2.24. The van der Waals surface area contributed by atoms with E-state index in [9.17, 15) is 8.42 Å². The summed E-state index contributed by atoms with van der Waals surface area (Å²) in [5, 5.41) is 3.24. The Morgan fingerprint density at radius 1 is 1.35 bits per heavy atom. The average molecular weight is 300 g/mol. The Kier molecular flexibility index (Phi) is 5.23. The van der Waals surface area contributed by atoms with Gasteiger partial charge in [0.1, 0.15) is 5.76 Å². The zero-order valence-corrected chi connectivity index (χ0v) is 13.0. The standard InChI is InChI=1S/C14H24N2O3S/c1-11(2)8-15-10-13-6-7-14(19-13)20(17,18)16-9-12-4-3-5-12/h6-7,11-12,15-16H,3-5,8-10H2,1-2H3. The van der Waals surface area contributed by atoms with E-state index in [0.717, 1.165) is 19.4 Å². The van der Waals surface area contributed by atoms with Crippen LogP contribution in [0.15, 0.2) is 21.6 Å². The van der Waals surface area contributed by atoms with Crippen molar-refractivity contribution in [2.75, 3.05) is 13.1 Å². The quantitative estimate of drug-likeness (QED) is 0.771. The average Bonchev–Trinajstić information content (AvgIpc) is 2.75. The number of hydrogen-bond donors (Lipinski definition) is 2. The van der Waals surface area contributed by atoms with Gasteiger partial charge in [0.15, 0.2) is 0 Å². The van der Waals surface area contributed by atoms with E-state index in [2.05, 4.69) is 23.9 Å². The molecule has 1 fully saturated rings. The fourth-order valence-electron chi connectivity index (χ4n) is 2.08. The number of sulfonamides is 1. The van der Waals surface area contributed by atoms with Gasteiger partial charge in [0.2, 0.25) is 5.09 Å². The number of nitrogens with one attached hydrogen (secondary N) is 2. The van der Waals surface area contributed by atoms with Gasteiger partial charge in [-0.3, -0.25) is 0 Å². The van der Waals surface area contributed by atoms with Crippen molar-refractivity contribution in [1.82, 2.24) is 10.0 Å². The van der Waals surface area contributed by atoms with Gasteiger partial charge in [-0.2, -0.15) is 0 Å². The minimum Gasteiger partial charge on any atom is -0.447 e. The van der Waals surface area contributed by atoms with Crippen molar-refractivity contribution in [2.45, 2.75) is 44.7 Å². The van der Waals surface area contributed by atoms with E-state index in [1.807, 2.05) is 0 Å². The highest BCUT2D eigenvalue weighted by molar-refractivity contribution is 7.89. The Morgan fingerprint density at radius 3 is 2.70 bits per heavy atom. The molecule has 1 saturated carbocycles. The van der Waals surface area contributed by atoms with E-state index in [1.165, 1.54) is 12.5 Å². The van der Waals surface area contributed by atoms with Crippen molar-refractivity contribution in [3.63, 3.8) is 0 Å². The second kappa shape index (κ2) is 6.74. The van der Waals surface area contributed by atoms with Crippen LogP contribution >= 0.6 is 0 Å². The number of rotatable bonds is 8. The molecule has 2 rings (SSSR count). The summed E-state index contributed by atoms with van der Waals surface area (Å²) < 4.78 is 32.1. The maximum absolute atomic E-state index is 12.0. The van der Waals surface area contributed by atoms with Crippen molar-refractivity contribution in [1.29, 1.82) is 0 Å². The van der Waals surface area contributed by atoms with Crippen LogP contribution in [0.4, 0.5) is 0 Å². The van der Waals surface area contributed by atoms with Crippen LogP contribution in [0.25, 0.3) is 0 Å². The number of furan rings is 1. The molecule has 5 nitrogen and oxygen atoms in total. The van der Waals surface area contributed by atoms with Crippen LogP contribution in [0.2, 0.25) is 0 Å². The molecule has 6 heteroatoms.